The molecule has 0 unspecified atom stereocenters. The number of halogens is 1. The zero-order valence-electron chi connectivity index (χ0n) is 9.60. The Labute approximate surface area is 105 Å². The standard InChI is InChI=1S/C11H14ClN3O2/c1-17-5-4-15(8-2-3-8)11(16)9-6-13-7-10(12)14-9/h6-8H,2-5H2,1H3. The molecule has 6 heteroatoms. The molecule has 0 spiro atoms. The summed E-state index contributed by atoms with van der Waals surface area (Å²) in [5.74, 6) is -0.125. The van der Waals surface area contributed by atoms with Crippen molar-refractivity contribution in [1.82, 2.24) is 14.9 Å². The summed E-state index contributed by atoms with van der Waals surface area (Å²) in [6.45, 7) is 1.10. The summed E-state index contributed by atoms with van der Waals surface area (Å²) in [4.78, 5) is 21.8. The second kappa shape index (κ2) is 5.42. The molecular formula is C11H14ClN3O2. The first-order valence-corrected chi connectivity index (χ1v) is 5.87. The van der Waals surface area contributed by atoms with Crippen LogP contribution >= 0.6 is 11.6 Å². The van der Waals surface area contributed by atoms with Crippen molar-refractivity contribution in [3.05, 3.63) is 23.2 Å². The van der Waals surface area contributed by atoms with Crippen molar-refractivity contribution in [2.24, 2.45) is 0 Å². The lowest BCUT2D eigenvalue weighted by Gasteiger charge is -2.21. The molecule has 1 saturated carbocycles. The first kappa shape index (κ1) is 12.3. The summed E-state index contributed by atoms with van der Waals surface area (Å²) in [5.41, 5.74) is 0.292. The Morgan fingerprint density at radius 3 is 2.94 bits per heavy atom. The van der Waals surface area contributed by atoms with Crippen molar-refractivity contribution in [3.8, 4) is 0 Å². The summed E-state index contributed by atoms with van der Waals surface area (Å²) in [7, 11) is 1.62. The van der Waals surface area contributed by atoms with Crippen LogP contribution in [0.1, 0.15) is 23.3 Å². The number of ether oxygens (including phenoxy) is 1. The second-order valence-corrected chi connectivity index (χ2v) is 4.34. The van der Waals surface area contributed by atoms with E-state index < -0.39 is 0 Å². The van der Waals surface area contributed by atoms with Crippen LogP contribution in [-0.2, 0) is 4.74 Å². The number of hydrogen-bond acceptors (Lipinski definition) is 4. The minimum atomic E-state index is -0.125. The fraction of sp³-hybridized carbons (Fsp3) is 0.545. The van der Waals surface area contributed by atoms with E-state index in [1.165, 1.54) is 12.4 Å². The van der Waals surface area contributed by atoms with Crippen LogP contribution in [0.15, 0.2) is 12.4 Å². The Morgan fingerprint density at radius 1 is 1.59 bits per heavy atom. The van der Waals surface area contributed by atoms with Crippen molar-refractivity contribution in [3.63, 3.8) is 0 Å². The highest BCUT2D eigenvalue weighted by molar-refractivity contribution is 6.29. The predicted molar refractivity (Wildman–Crippen MR) is 63.0 cm³/mol. The monoisotopic (exact) mass is 255 g/mol. The maximum absolute atomic E-state index is 12.2. The molecule has 17 heavy (non-hydrogen) atoms. The van der Waals surface area contributed by atoms with Crippen LogP contribution in [0.2, 0.25) is 5.15 Å². The van der Waals surface area contributed by atoms with E-state index in [1.54, 1.807) is 12.0 Å². The van der Waals surface area contributed by atoms with E-state index in [1.807, 2.05) is 0 Å². The van der Waals surface area contributed by atoms with Crippen LogP contribution in [0.3, 0.4) is 0 Å². The molecule has 0 bridgehead atoms. The first-order valence-electron chi connectivity index (χ1n) is 5.50. The number of aromatic nitrogens is 2. The van der Waals surface area contributed by atoms with Crippen LogP contribution in [0, 0.1) is 0 Å². The number of hydrogen-bond donors (Lipinski definition) is 0. The van der Waals surface area contributed by atoms with Gasteiger partial charge >= 0.3 is 0 Å². The Bertz CT molecular complexity index is 409. The SMILES string of the molecule is COCCN(C(=O)c1cncc(Cl)n1)C1CC1. The minimum Gasteiger partial charge on any atom is -0.383 e. The smallest absolute Gasteiger partial charge is 0.274 e. The van der Waals surface area contributed by atoms with Crippen LogP contribution in [0.5, 0.6) is 0 Å². The lowest BCUT2D eigenvalue weighted by Crippen LogP contribution is -2.36. The van der Waals surface area contributed by atoms with E-state index >= 15 is 0 Å². The van der Waals surface area contributed by atoms with Gasteiger partial charge < -0.3 is 9.64 Å². The molecule has 92 valence electrons. The van der Waals surface area contributed by atoms with E-state index in [-0.39, 0.29) is 11.1 Å². The molecule has 1 amide bonds. The molecule has 1 aliphatic carbocycles. The molecule has 1 aromatic heterocycles. The maximum Gasteiger partial charge on any atom is 0.274 e. The fourth-order valence-electron chi connectivity index (χ4n) is 1.62. The maximum atomic E-state index is 12.2. The number of methoxy groups -OCH3 is 1. The van der Waals surface area contributed by atoms with Gasteiger partial charge in [-0.15, -0.1) is 0 Å². The molecule has 0 N–H and O–H groups in total. The average molecular weight is 256 g/mol. The van der Waals surface area contributed by atoms with Gasteiger partial charge in [0.15, 0.2) is 0 Å². The van der Waals surface area contributed by atoms with Gasteiger partial charge in [0.05, 0.1) is 19.0 Å². The number of rotatable bonds is 5. The van der Waals surface area contributed by atoms with E-state index in [0.717, 1.165) is 12.8 Å². The lowest BCUT2D eigenvalue weighted by molar-refractivity contribution is 0.0674. The summed E-state index contributed by atoms with van der Waals surface area (Å²) in [6, 6.07) is 0.318. The fourth-order valence-corrected chi connectivity index (χ4v) is 1.77. The van der Waals surface area contributed by atoms with Gasteiger partial charge in [-0.05, 0) is 12.8 Å². The molecule has 2 rings (SSSR count). The zero-order valence-corrected chi connectivity index (χ0v) is 10.4. The second-order valence-electron chi connectivity index (χ2n) is 3.95. The van der Waals surface area contributed by atoms with E-state index in [4.69, 9.17) is 16.3 Å². The number of nitrogens with zero attached hydrogens (tertiary/aromatic N) is 3. The largest absolute Gasteiger partial charge is 0.383 e. The van der Waals surface area contributed by atoms with E-state index in [0.29, 0.717) is 24.9 Å². The summed E-state index contributed by atoms with van der Waals surface area (Å²) in [6.07, 6.45) is 4.94. The molecule has 0 aromatic carbocycles. The highest BCUT2D eigenvalue weighted by atomic mass is 35.5. The number of carbonyl (C=O) groups excluding carboxylic acids is 1. The van der Waals surface area contributed by atoms with E-state index in [2.05, 4.69) is 9.97 Å². The van der Waals surface area contributed by atoms with Gasteiger partial charge in [-0.3, -0.25) is 9.78 Å². The normalized spacial score (nSPS) is 14.7. The average Bonchev–Trinajstić information content (AvgIpc) is 3.14. The van der Waals surface area contributed by atoms with Gasteiger partial charge in [0.25, 0.3) is 5.91 Å². The third kappa shape index (κ3) is 3.14. The zero-order chi connectivity index (χ0) is 12.3. The van der Waals surface area contributed by atoms with Gasteiger partial charge in [0, 0.05) is 19.7 Å². The van der Waals surface area contributed by atoms with E-state index in [9.17, 15) is 4.79 Å². The molecule has 0 aliphatic heterocycles. The minimum absolute atomic E-state index is 0.125. The third-order valence-corrected chi connectivity index (χ3v) is 2.79. The number of carbonyl (C=O) groups is 1. The van der Waals surface area contributed by atoms with Gasteiger partial charge in [0.1, 0.15) is 10.8 Å². The highest BCUT2D eigenvalue weighted by Crippen LogP contribution is 2.27. The first-order chi connectivity index (χ1) is 8.22. The van der Waals surface area contributed by atoms with Crippen molar-refractivity contribution in [2.75, 3.05) is 20.3 Å². The molecule has 1 heterocycles. The summed E-state index contributed by atoms with van der Waals surface area (Å²) in [5, 5.41) is 0.235. The van der Waals surface area contributed by atoms with Crippen LogP contribution in [-0.4, -0.2) is 47.1 Å². The van der Waals surface area contributed by atoms with Gasteiger partial charge in [-0.1, -0.05) is 11.6 Å². The molecule has 5 nitrogen and oxygen atoms in total. The van der Waals surface area contributed by atoms with Gasteiger partial charge in [0.2, 0.25) is 0 Å². The molecular weight excluding hydrogens is 242 g/mol. The molecule has 1 fully saturated rings. The topological polar surface area (TPSA) is 55.3 Å². The molecule has 0 radical (unpaired) electrons. The lowest BCUT2D eigenvalue weighted by atomic mass is 10.3. The number of amides is 1. The molecule has 1 aromatic rings. The highest BCUT2D eigenvalue weighted by Gasteiger charge is 2.33. The Balaban J connectivity index is 2.10. The Hall–Kier alpha value is -1.20. The van der Waals surface area contributed by atoms with Crippen LogP contribution in [0.25, 0.3) is 0 Å². The van der Waals surface area contributed by atoms with Gasteiger partial charge in [-0.25, -0.2) is 4.98 Å². The van der Waals surface area contributed by atoms with Crippen LogP contribution < -0.4 is 0 Å². The molecule has 1 aliphatic rings. The van der Waals surface area contributed by atoms with Crippen molar-refractivity contribution < 1.29 is 9.53 Å². The van der Waals surface area contributed by atoms with Crippen molar-refractivity contribution in [1.29, 1.82) is 0 Å². The Kier molecular flexibility index (Phi) is 3.91. The molecule has 0 atom stereocenters. The quantitative estimate of drug-likeness (QED) is 0.798. The molecule has 0 saturated heterocycles. The third-order valence-electron chi connectivity index (χ3n) is 2.61. The summed E-state index contributed by atoms with van der Waals surface area (Å²) >= 11 is 5.72. The van der Waals surface area contributed by atoms with Crippen LogP contribution in [0.4, 0.5) is 0 Å². The van der Waals surface area contributed by atoms with Crippen molar-refractivity contribution >= 4 is 17.5 Å². The Morgan fingerprint density at radius 2 is 2.35 bits per heavy atom. The van der Waals surface area contributed by atoms with Crippen molar-refractivity contribution in [2.45, 2.75) is 18.9 Å². The van der Waals surface area contributed by atoms with Gasteiger partial charge in [-0.2, -0.15) is 0 Å². The predicted octanol–water partition coefficient (Wildman–Crippen LogP) is 1.38. The summed E-state index contributed by atoms with van der Waals surface area (Å²) < 4.78 is 5.00.